The lowest BCUT2D eigenvalue weighted by atomic mass is 10.0. The van der Waals surface area contributed by atoms with E-state index in [1.54, 1.807) is 0 Å². The van der Waals surface area contributed by atoms with Crippen molar-refractivity contribution in [1.82, 2.24) is 0 Å². The number of hydrogen-bond donors (Lipinski definition) is 0. The minimum absolute atomic E-state index is 1.10. The van der Waals surface area contributed by atoms with Crippen molar-refractivity contribution in [3.05, 3.63) is 288 Å². The summed E-state index contributed by atoms with van der Waals surface area (Å²) in [7, 11) is 0. The van der Waals surface area contributed by atoms with Gasteiger partial charge in [0, 0.05) is 34.1 Å². The first-order chi connectivity index (χ1) is 35.3. The monoisotopic (exact) mass is 924 g/mol. The van der Waals surface area contributed by atoms with Crippen LogP contribution in [0.15, 0.2) is 255 Å². The van der Waals surface area contributed by atoms with Gasteiger partial charge in [-0.25, -0.2) is 0 Å². The molecule has 0 unspecified atom stereocenters. The van der Waals surface area contributed by atoms with Crippen LogP contribution >= 0.6 is 0 Å². The molecule has 0 aromatic heterocycles. The Morgan fingerprint density at radius 3 is 0.764 bits per heavy atom. The molecule has 2 heteroatoms. The van der Waals surface area contributed by atoms with Gasteiger partial charge in [-0.1, -0.05) is 210 Å². The molecule has 0 aliphatic carbocycles. The predicted octanol–water partition coefficient (Wildman–Crippen LogP) is 19.9. The van der Waals surface area contributed by atoms with E-state index in [-0.39, 0.29) is 0 Å². The van der Waals surface area contributed by atoms with Gasteiger partial charge in [0.05, 0.1) is 0 Å². The van der Waals surface area contributed by atoms with Gasteiger partial charge in [0.15, 0.2) is 0 Å². The van der Waals surface area contributed by atoms with Crippen molar-refractivity contribution in [3.63, 3.8) is 0 Å². The van der Waals surface area contributed by atoms with Gasteiger partial charge in [-0.3, -0.25) is 0 Å². The second kappa shape index (κ2) is 20.2. The highest BCUT2D eigenvalue weighted by Crippen LogP contribution is 2.40. The molecule has 0 heterocycles. The van der Waals surface area contributed by atoms with Crippen molar-refractivity contribution < 1.29 is 0 Å². The molecular weight excluding hydrogens is 869 g/mol. The first kappa shape index (κ1) is 45.5. The third-order valence-corrected chi connectivity index (χ3v) is 13.8. The van der Waals surface area contributed by atoms with E-state index < -0.39 is 0 Å². The fourth-order valence-corrected chi connectivity index (χ4v) is 9.51. The summed E-state index contributed by atoms with van der Waals surface area (Å²) in [5.41, 5.74) is 23.6. The van der Waals surface area contributed by atoms with E-state index in [0.29, 0.717) is 0 Å². The zero-order valence-corrected chi connectivity index (χ0v) is 41.3. The van der Waals surface area contributed by atoms with Crippen LogP contribution in [0.25, 0.3) is 67.4 Å². The van der Waals surface area contributed by atoms with Gasteiger partial charge in [0.2, 0.25) is 0 Å². The lowest BCUT2D eigenvalue weighted by Gasteiger charge is -2.26. The molecule has 0 atom stereocenters. The minimum Gasteiger partial charge on any atom is -0.311 e. The van der Waals surface area contributed by atoms with E-state index in [9.17, 15) is 0 Å². The first-order valence-electron chi connectivity index (χ1n) is 24.9. The Hall–Kier alpha value is -8.98. The third-order valence-electron chi connectivity index (χ3n) is 13.8. The van der Waals surface area contributed by atoms with Crippen LogP contribution in [-0.4, -0.2) is 0 Å². The predicted molar refractivity (Wildman–Crippen MR) is 309 cm³/mol. The standard InChI is InChI=1S/C70H56N2/c1-49-5-18-55(19-6-49)59-27-38-66(39-28-59)71(67-40-29-60(30-41-67)56-20-7-50(2)8-21-56)65-36-16-53(17-37-65)13-14-54-15-26-64-48-70(46-35-63(64)47-54)72(68-42-31-61(32-43-68)57-22-9-51(3)10-23-57)69-44-33-62(34-45-69)58-24-11-52(4)12-25-58/h5-48H,1-4H3/b14-13+. The molecule has 0 N–H and O–H groups in total. The molecule has 0 fully saturated rings. The Labute approximate surface area is 425 Å². The SMILES string of the molecule is Cc1ccc(-c2ccc(N(c3ccc(/C=C/c4ccc5cc(N(c6ccc(-c7ccc(C)cc7)cc6)c6ccc(-c7ccc(C)cc7)cc6)ccc5c4)cc3)c3ccc(-c4ccc(C)cc4)cc3)cc2)cc1. The van der Waals surface area contributed by atoms with Gasteiger partial charge < -0.3 is 9.80 Å². The van der Waals surface area contributed by atoms with Crippen LogP contribution in [0.2, 0.25) is 0 Å². The Morgan fingerprint density at radius 2 is 0.431 bits per heavy atom. The molecule has 0 bridgehead atoms. The maximum absolute atomic E-state index is 2.36. The number of hydrogen-bond acceptors (Lipinski definition) is 2. The summed E-state index contributed by atoms with van der Waals surface area (Å²) >= 11 is 0. The summed E-state index contributed by atoms with van der Waals surface area (Å²) in [4.78, 5) is 4.70. The minimum atomic E-state index is 1.10. The number of anilines is 6. The second-order valence-electron chi connectivity index (χ2n) is 19.0. The highest BCUT2D eigenvalue weighted by molar-refractivity contribution is 5.92. The van der Waals surface area contributed by atoms with Crippen LogP contribution < -0.4 is 9.80 Å². The average Bonchev–Trinajstić information content (AvgIpc) is 3.42. The van der Waals surface area contributed by atoms with Gasteiger partial charge in [-0.05, 0) is 173 Å². The summed E-state index contributed by atoms with van der Waals surface area (Å²) in [6, 6.07) is 93.0. The van der Waals surface area contributed by atoms with Gasteiger partial charge in [0.25, 0.3) is 0 Å². The van der Waals surface area contributed by atoms with Crippen molar-refractivity contribution in [3.8, 4) is 44.5 Å². The number of fused-ring (bicyclic) bond motifs is 1. The third kappa shape index (κ3) is 10.0. The topological polar surface area (TPSA) is 6.48 Å². The molecular formula is C70H56N2. The van der Waals surface area contributed by atoms with E-state index in [0.717, 1.165) is 45.3 Å². The lowest BCUT2D eigenvalue weighted by molar-refractivity contribution is 1.28. The quantitative estimate of drug-likeness (QED) is 0.113. The van der Waals surface area contributed by atoms with E-state index in [1.165, 1.54) is 77.5 Å². The smallest absolute Gasteiger partial charge is 0.0468 e. The van der Waals surface area contributed by atoms with Gasteiger partial charge in [-0.15, -0.1) is 0 Å². The highest BCUT2D eigenvalue weighted by Gasteiger charge is 2.16. The summed E-state index contributed by atoms with van der Waals surface area (Å²) < 4.78 is 0. The average molecular weight is 925 g/mol. The molecule has 11 aromatic rings. The Balaban J connectivity index is 0.859. The molecule has 72 heavy (non-hydrogen) atoms. The van der Waals surface area contributed by atoms with Crippen molar-refractivity contribution >= 4 is 57.0 Å². The second-order valence-corrected chi connectivity index (χ2v) is 19.0. The molecule has 346 valence electrons. The molecule has 11 rings (SSSR count). The van der Waals surface area contributed by atoms with Crippen LogP contribution in [-0.2, 0) is 0 Å². The number of rotatable bonds is 12. The summed E-state index contributed by atoms with van der Waals surface area (Å²) in [5.74, 6) is 0. The zero-order valence-electron chi connectivity index (χ0n) is 41.3. The van der Waals surface area contributed by atoms with Gasteiger partial charge in [-0.2, -0.15) is 0 Å². The van der Waals surface area contributed by atoms with Crippen molar-refractivity contribution in [2.45, 2.75) is 27.7 Å². The van der Waals surface area contributed by atoms with Crippen molar-refractivity contribution in [2.24, 2.45) is 0 Å². The molecule has 11 aromatic carbocycles. The molecule has 0 saturated carbocycles. The van der Waals surface area contributed by atoms with Gasteiger partial charge >= 0.3 is 0 Å². The van der Waals surface area contributed by atoms with Crippen LogP contribution in [0.5, 0.6) is 0 Å². The maximum atomic E-state index is 2.36. The molecule has 0 spiro atoms. The van der Waals surface area contributed by atoms with Crippen LogP contribution in [0.1, 0.15) is 33.4 Å². The molecule has 0 radical (unpaired) electrons. The summed E-state index contributed by atoms with van der Waals surface area (Å²) in [5, 5.41) is 2.38. The number of aryl methyl sites for hydroxylation is 4. The largest absolute Gasteiger partial charge is 0.311 e. The normalized spacial score (nSPS) is 11.3. The van der Waals surface area contributed by atoms with E-state index in [4.69, 9.17) is 0 Å². The molecule has 0 amide bonds. The summed E-state index contributed by atoms with van der Waals surface area (Å²) in [6.45, 7) is 8.52. The lowest BCUT2D eigenvalue weighted by Crippen LogP contribution is -2.09. The van der Waals surface area contributed by atoms with Crippen molar-refractivity contribution in [2.75, 3.05) is 9.80 Å². The Bertz CT molecular complexity index is 3450. The van der Waals surface area contributed by atoms with Crippen molar-refractivity contribution in [1.29, 1.82) is 0 Å². The fraction of sp³-hybridized carbons (Fsp3) is 0.0571. The van der Waals surface area contributed by atoms with E-state index in [2.05, 4.69) is 304 Å². The van der Waals surface area contributed by atoms with E-state index in [1.807, 2.05) is 0 Å². The first-order valence-corrected chi connectivity index (χ1v) is 24.9. The zero-order chi connectivity index (χ0) is 49.0. The Morgan fingerprint density at radius 1 is 0.208 bits per heavy atom. The fourth-order valence-electron chi connectivity index (χ4n) is 9.51. The van der Waals surface area contributed by atoms with Crippen LogP contribution in [0.4, 0.5) is 34.1 Å². The molecule has 0 aliphatic rings. The van der Waals surface area contributed by atoms with Crippen LogP contribution in [0, 0.1) is 27.7 Å². The van der Waals surface area contributed by atoms with Gasteiger partial charge in [0.1, 0.15) is 0 Å². The maximum Gasteiger partial charge on any atom is 0.0468 e. The summed E-state index contributed by atoms with van der Waals surface area (Å²) in [6.07, 6.45) is 4.42. The number of nitrogens with zero attached hydrogens (tertiary/aromatic N) is 2. The molecule has 0 saturated heterocycles. The van der Waals surface area contributed by atoms with E-state index >= 15 is 0 Å². The number of benzene rings is 11. The molecule has 2 nitrogen and oxygen atoms in total. The van der Waals surface area contributed by atoms with Crippen LogP contribution in [0.3, 0.4) is 0 Å². The highest BCUT2D eigenvalue weighted by atomic mass is 15.1. The molecule has 0 aliphatic heterocycles. The Kier molecular flexibility index (Phi) is 12.7.